The van der Waals surface area contributed by atoms with Gasteiger partial charge in [0.15, 0.2) is 0 Å². The quantitative estimate of drug-likeness (QED) is 0.558. The van der Waals surface area contributed by atoms with E-state index >= 15 is 0 Å². The van der Waals surface area contributed by atoms with Crippen LogP contribution in [0.2, 0.25) is 0 Å². The van der Waals surface area contributed by atoms with E-state index < -0.39 is 5.97 Å². The van der Waals surface area contributed by atoms with E-state index in [4.69, 9.17) is 5.11 Å². The van der Waals surface area contributed by atoms with E-state index in [1.807, 2.05) is 0 Å². The molecule has 0 fully saturated rings. The highest BCUT2D eigenvalue weighted by Gasteiger charge is 2.24. The molecule has 0 saturated heterocycles. The Balaban J connectivity index is 2.68. The summed E-state index contributed by atoms with van der Waals surface area (Å²) >= 11 is 0. The maximum atomic E-state index is 10.9. The first-order chi connectivity index (χ1) is 5.68. The van der Waals surface area contributed by atoms with Crippen LogP contribution in [0.3, 0.4) is 0 Å². The molecule has 12 heavy (non-hydrogen) atoms. The number of carbonyl (C=O) groups excluding carboxylic acids is 1. The zero-order chi connectivity index (χ0) is 8.72. The number of esters is 1. The first kappa shape index (κ1) is 6.97. The molecule has 1 aliphatic heterocycles. The lowest BCUT2D eigenvalue weighted by Crippen LogP contribution is -1.92. The Hall–Kier alpha value is -1.71. The van der Waals surface area contributed by atoms with Crippen molar-refractivity contribution in [1.29, 1.82) is 0 Å². The van der Waals surface area contributed by atoms with Crippen LogP contribution < -0.4 is 0 Å². The smallest absolute Gasteiger partial charge is 0.339 e. The van der Waals surface area contributed by atoms with Crippen molar-refractivity contribution in [1.82, 2.24) is 0 Å². The highest BCUT2D eigenvalue weighted by molar-refractivity contribution is 5.94. The average molecular weight is 166 g/mol. The maximum absolute atomic E-state index is 10.9. The van der Waals surface area contributed by atoms with Crippen LogP contribution in [0.25, 0.3) is 0 Å². The van der Waals surface area contributed by atoms with Crippen LogP contribution in [0.4, 0.5) is 0 Å². The van der Waals surface area contributed by atoms with Gasteiger partial charge in [-0.15, -0.1) is 0 Å². The van der Waals surface area contributed by atoms with Crippen LogP contribution in [0.1, 0.15) is 15.9 Å². The first-order valence-electron chi connectivity index (χ1n) is 3.40. The minimum Gasteiger partial charge on any atom is -0.508 e. The number of hydrogen-bond acceptors (Lipinski definition) is 4. The van der Waals surface area contributed by atoms with Crippen molar-refractivity contribution in [3.63, 3.8) is 0 Å². The van der Waals surface area contributed by atoms with Gasteiger partial charge < -0.3 is 14.9 Å². The van der Waals surface area contributed by atoms with E-state index in [9.17, 15) is 9.90 Å². The summed E-state index contributed by atoms with van der Waals surface area (Å²) in [5.74, 6) is -0.739. The Labute approximate surface area is 68.0 Å². The van der Waals surface area contributed by atoms with Crippen molar-refractivity contribution in [2.45, 2.75) is 6.61 Å². The van der Waals surface area contributed by atoms with Crippen molar-refractivity contribution in [2.75, 3.05) is 0 Å². The number of fused-ring (bicyclic) bond motifs is 1. The maximum Gasteiger partial charge on any atom is 0.339 e. The van der Waals surface area contributed by atoms with E-state index in [1.165, 1.54) is 12.1 Å². The summed E-state index contributed by atoms with van der Waals surface area (Å²) < 4.78 is 4.65. The van der Waals surface area contributed by atoms with E-state index in [0.717, 1.165) is 0 Å². The van der Waals surface area contributed by atoms with E-state index in [1.54, 1.807) is 0 Å². The van der Waals surface area contributed by atoms with Gasteiger partial charge in [-0.3, -0.25) is 0 Å². The van der Waals surface area contributed by atoms with Crippen molar-refractivity contribution in [3.05, 3.63) is 23.3 Å². The Morgan fingerprint density at radius 3 is 2.83 bits per heavy atom. The number of cyclic esters (lactones) is 1. The molecule has 1 aromatic carbocycles. The predicted octanol–water partition coefficient (Wildman–Crippen LogP) is 0.768. The van der Waals surface area contributed by atoms with Gasteiger partial charge in [0.2, 0.25) is 0 Å². The minimum atomic E-state index is -0.504. The predicted molar refractivity (Wildman–Crippen MR) is 38.9 cm³/mol. The number of hydrogen-bond donors (Lipinski definition) is 2. The third-order valence-corrected chi connectivity index (χ3v) is 1.78. The van der Waals surface area contributed by atoms with E-state index in [0.29, 0.717) is 5.56 Å². The normalized spacial score (nSPS) is 14.2. The second-order valence-corrected chi connectivity index (χ2v) is 2.57. The standard InChI is InChI=1S/C8H6O4/c9-4-1-5-6(7(10)2-4)3-12-8(5)11/h1-2,9-10H,3H2. The van der Waals surface area contributed by atoms with Crippen LogP contribution in [0.15, 0.2) is 12.1 Å². The molecular weight excluding hydrogens is 160 g/mol. The summed E-state index contributed by atoms with van der Waals surface area (Å²) in [4.78, 5) is 10.9. The average Bonchev–Trinajstić information content (AvgIpc) is 2.33. The zero-order valence-corrected chi connectivity index (χ0v) is 6.07. The number of phenols is 2. The summed E-state index contributed by atoms with van der Waals surface area (Å²) in [5.41, 5.74) is 0.685. The van der Waals surface area contributed by atoms with Gasteiger partial charge in [0.25, 0.3) is 0 Å². The third-order valence-electron chi connectivity index (χ3n) is 1.78. The topological polar surface area (TPSA) is 66.8 Å². The van der Waals surface area contributed by atoms with Crippen molar-refractivity contribution in [3.8, 4) is 11.5 Å². The third kappa shape index (κ3) is 0.812. The molecule has 0 aliphatic carbocycles. The molecule has 0 unspecified atom stereocenters. The van der Waals surface area contributed by atoms with Crippen molar-refractivity contribution in [2.24, 2.45) is 0 Å². The number of phenolic OH excluding ortho intramolecular Hbond substituents is 2. The fourth-order valence-electron chi connectivity index (χ4n) is 1.19. The number of aromatic hydroxyl groups is 2. The lowest BCUT2D eigenvalue weighted by molar-refractivity contribution is 0.0534. The molecule has 0 saturated carbocycles. The SMILES string of the molecule is O=C1OCc2c(O)cc(O)cc21. The fraction of sp³-hybridized carbons (Fsp3) is 0.125. The van der Waals surface area contributed by atoms with Gasteiger partial charge in [-0.1, -0.05) is 0 Å². The molecule has 4 heteroatoms. The highest BCUT2D eigenvalue weighted by atomic mass is 16.5. The largest absolute Gasteiger partial charge is 0.508 e. The van der Waals surface area contributed by atoms with Crippen LogP contribution in [-0.2, 0) is 11.3 Å². The van der Waals surface area contributed by atoms with Crippen LogP contribution in [0.5, 0.6) is 11.5 Å². The van der Waals surface area contributed by atoms with Gasteiger partial charge in [-0.2, -0.15) is 0 Å². The summed E-state index contributed by atoms with van der Waals surface area (Å²) in [6.07, 6.45) is 0. The second kappa shape index (κ2) is 2.14. The van der Waals surface area contributed by atoms with Gasteiger partial charge in [0.05, 0.1) is 5.56 Å². The lowest BCUT2D eigenvalue weighted by Gasteiger charge is -1.98. The molecule has 2 N–H and O–H groups in total. The molecular formula is C8H6O4. The van der Waals surface area contributed by atoms with Gasteiger partial charge in [0, 0.05) is 11.6 Å². The zero-order valence-electron chi connectivity index (χ0n) is 6.07. The number of carbonyl (C=O) groups is 1. The van der Waals surface area contributed by atoms with Gasteiger partial charge in [-0.05, 0) is 6.07 Å². The van der Waals surface area contributed by atoms with Gasteiger partial charge in [0.1, 0.15) is 18.1 Å². The molecule has 0 atom stereocenters. The summed E-state index contributed by atoms with van der Waals surface area (Å²) in [5, 5.41) is 18.3. The van der Waals surface area contributed by atoms with Gasteiger partial charge >= 0.3 is 5.97 Å². The van der Waals surface area contributed by atoms with E-state index in [-0.39, 0.29) is 23.7 Å². The van der Waals surface area contributed by atoms with Crippen LogP contribution in [0, 0.1) is 0 Å². The molecule has 0 amide bonds. The number of rotatable bonds is 0. The summed E-state index contributed by atoms with van der Waals surface area (Å²) in [6, 6.07) is 2.46. The molecule has 0 aromatic heterocycles. The molecule has 2 rings (SSSR count). The highest BCUT2D eigenvalue weighted by Crippen LogP contribution is 2.32. The minimum absolute atomic E-state index is 0.0836. The molecule has 0 bridgehead atoms. The number of benzene rings is 1. The first-order valence-corrected chi connectivity index (χ1v) is 3.40. The Morgan fingerprint density at radius 1 is 1.33 bits per heavy atom. The summed E-state index contributed by atoms with van der Waals surface area (Å²) in [7, 11) is 0. The van der Waals surface area contributed by atoms with Crippen molar-refractivity contribution < 1.29 is 19.7 Å². The molecule has 1 aliphatic rings. The molecule has 1 heterocycles. The number of ether oxygens (including phenoxy) is 1. The molecule has 62 valence electrons. The van der Waals surface area contributed by atoms with Crippen molar-refractivity contribution >= 4 is 5.97 Å². The Kier molecular flexibility index (Phi) is 1.24. The molecule has 0 spiro atoms. The molecule has 0 radical (unpaired) electrons. The molecule has 1 aromatic rings. The van der Waals surface area contributed by atoms with Crippen LogP contribution >= 0.6 is 0 Å². The Morgan fingerprint density at radius 2 is 2.08 bits per heavy atom. The Bertz CT molecular complexity index is 356. The van der Waals surface area contributed by atoms with E-state index in [2.05, 4.69) is 4.74 Å². The monoisotopic (exact) mass is 166 g/mol. The van der Waals surface area contributed by atoms with Crippen LogP contribution in [-0.4, -0.2) is 16.2 Å². The lowest BCUT2D eigenvalue weighted by atomic mass is 10.1. The summed E-state index contributed by atoms with van der Waals surface area (Å²) in [6.45, 7) is 0.0836. The second-order valence-electron chi connectivity index (χ2n) is 2.57. The van der Waals surface area contributed by atoms with Gasteiger partial charge in [-0.25, -0.2) is 4.79 Å². The fourth-order valence-corrected chi connectivity index (χ4v) is 1.19. The molecule has 4 nitrogen and oxygen atoms in total.